The Morgan fingerprint density at radius 3 is 2.37 bits per heavy atom. The second-order valence-electron chi connectivity index (χ2n) is 5.69. The highest BCUT2D eigenvalue weighted by Crippen LogP contribution is 2.27. The van der Waals surface area contributed by atoms with Gasteiger partial charge in [-0.05, 0) is 23.1 Å². The number of hydrogen-bond donors (Lipinski definition) is 0. The summed E-state index contributed by atoms with van der Waals surface area (Å²) in [6.07, 6.45) is 3.42. The third kappa shape index (κ3) is 2.24. The molecule has 0 fully saturated rings. The maximum Gasteiger partial charge on any atom is 0.227 e. The fourth-order valence-electron chi connectivity index (χ4n) is 2.02. The minimum atomic E-state index is 0.157. The summed E-state index contributed by atoms with van der Waals surface area (Å²) in [5.74, 6) is 0.642. The summed E-state index contributed by atoms with van der Waals surface area (Å²) in [4.78, 5) is 8.49. The predicted octanol–water partition coefficient (Wildman–Crippen LogP) is 4.19. The first-order valence-corrected chi connectivity index (χ1v) is 6.35. The molecule has 0 aliphatic rings. The Hall–Kier alpha value is -2.16. The van der Waals surface area contributed by atoms with Gasteiger partial charge >= 0.3 is 0 Å². The van der Waals surface area contributed by atoms with E-state index < -0.39 is 0 Å². The molecule has 19 heavy (non-hydrogen) atoms. The Morgan fingerprint density at radius 2 is 1.74 bits per heavy atom. The number of aromatic nitrogens is 2. The highest BCUT2D eigenvalue weighted by atomic mass is 16.3. The molecule has 0 radical (unpaired) electrons. The highest BCUT2D eigenvalue weighted by molar-refractivity contribution is 5.74. The molecule has 0 N–H and O–H groups in total. The molecule has 0 saturated heterocycles. The van der Waals surface area contributed by atoms with Crippen molar-refractivity contribution in [1.29, 1.82) is 0 Å². The molecule has 0 spiro atoms. The molecule has 0 saturated carbocycles. The summed E-state index contributed by atoms with van der Waals surface area (Å²) in [6.45, 7) is 6.60. The van der Waals surface area contributed by atoms with E-state index in [1.54, 1.807) is 12.4 Å². The van der Waals surface area contributed by atoms with Crippen molar-refractivity contribution in [2.45, 2.75) is 26.2 Å². The smallest absolute Gasteiger partial charge is 0.227 e. The fraction of sp³-hybridized carbons (Fsp3) is 0.250. The summed E-state index contributed by atoms with van der Waals surface area (Å²) in [5.41, 5.74) is 4.00. The van der Waals surface area contributed by atoms with E-state index in [0.29, 0.717) is 5.89 Å². The van der Waals surface area contributed by atoms with Gasteiger partial charge in [-0.3, -0.25) is 4.98 Å². The van der Waals surface area contributed by atoms with Crippen molar-refractivity contribution >= 4 is 11.1 Å². The molecule has 0 amide bonds. The van der Waals surface area contributed by atoms with E-state index in [1.807, 2.05) is 6.07 Å². The normalized spacial score (nSPS) is 11.9. The molecular weight excluding hydrogens is 236 g/mol. The summed E-state index contributed by atoms with van der Waals surface area (Å²) >= 11 is 0. The van der Waals surface area contributed by atoms with Crippen molar-refractivity contribution in [3.63, 3.8) is 0 Å². The van der Waals surface area contributed by atoms with E-state index in [-0.39, 0.29) is 5.41 Å². The topological polar surface area (TPSA) is 38.9 Å². The van der Waals surface area contributed by atoms with Gasteiger partial charge in [0, 0.05) is 17.8 Å². The Labute approximate surface area is 112 Å². The minimum absolute atomic E-state index is 0.157. The van der Waals surface area contributed by atoms with Crippen molar-refractivity contribution in [3.8, 4) is 11.5 Å². The van der Waals surface area contributed by atoms with Crippen LogP contribution in [0.2, 0.25) is 0 Å². The summed E-state index contributed by atoms with van der Waals surface area (Å²) < 4.78 is 5.73. The van der Waals surface area contributed by atoms with Crippen LogP contribution in [0.15, 0.2) is 47.1 Å². The molecule has 96 valence electrons. The van der Waals surface area contributed by atoms with Gasteiger partial charge in [-0.2, -0.15) is 0 Å². The first-order valence-electron chi connectivity index (χ1n) is 6.35. The lowest BCUT2D eigenvalue weighted by molar-refractivity contribution is 0.589. The van der Waals surface area contributed by atoms with Crippen LogP contribution in [0.3, 0.4) is 0 Å². The Morgan fingerprint density at radius 1 is 1.00 bits per heavy atom. The zero-order valence-corrected chi connectivity index (χ0v) is 11.3. The summed E-state index contributed by atoms with van der Waals surface area (Å²) in [6, 6.07) is 10.2. The van der Waals surface area contributed by atoms with Crippen molar-refractivity contribution < 1.29 is 4.42 Å². The van der Waals surface area contributed by atoms with Crippen LogP contribution in [-0.4, -0.2) is 9.97 Å². The molecule has 0 aliphatic heterocycles. The van der Waals surface area contributed by atoms with E-state index in [9.17, 15) is 0 Å². The number of pyridine rings is 1. The lowest BCUT2D eigenvalue weighted by Gasteiger charge is -2.18. The number of rotatable bonds is 1. The Kier molecular flexibility index (Phi) is 2.63. The molecule has 2 aromatic heterocycles. The van der Waals surface area contributed by atoms with Gasteiger partial charge in [-0.1, -0.05) is 32.9 Å². The predicted molar refractivity (Wildman–Crippen MR) is 75.9 cm³/mol. The third-order valence-corrected chi connectivity index (χ3v) is 3.19. The van der Waals surface area contributed by atoms with Crippen LogP contribution >= 0.6 is 0 Å². The van der Waals surface area contributed by atoms with Crippen LogP contribution in [0, 0.1) is 0 Å². The molecule has 0 aliphatic carbocycles. The van der Waals surface area contributed by atoms with Gasteiger partial charge in [-0.25, -0.2) is 4.98 Å². The average Bonchev–Trinajstić information content (AvgIpc) is 2.81. The third-order valence-electron chi connectivity index (χ3n) is 3.19. The fourth-order valence-corrected chi connectivity index (χ4v) is 2.02. The average molecular weight is 252 g/mol. The van der Waals surface area contributed by atoms with Gasteiger partial charge in [0.2, 0.25) is 5.89 Å². The van der Waals surface area contributed by atoms with Gasteiger partial charge in [-0.15, -0.1) is 0 Å². The van der Waals surface area contributed by atoms with Crippen LogP contribution in [0.25, 0.3) is 22.6 Å². The standard InChI is InChI=1S/C16H16N2O/c1-16(2,3)12-6-4-11(5-7-12)15-18-13-10-17-9-8-14(13)19-15/h4-10H,1-3H3. The van der Waals surface area contributed by atoms with Crippen molar-refractivity contribution in [1.82, 2.24) is 9.97 Å². The molecule has 0 atom stereocenters. The largest absolute Gasteiger partial charge is 0.436 e. The molecule has 3 rings (SSSR count). The van der Waals surface area contributed by atoms with Gasteiger partial charge in [0.15, 0.2) is 5.58 Å². The quantitative estimate of drug-likeness (QED) is 0.652. The number of fused-ring (bicyclic) bond motifs is 1. The second kappa shape index (κ2) is 4.19. The van der Waals surface area contributed by atoms with Gasteiger partial charge < -0.3 is 4.42 Å². The number of hydrogen-bond acceptors (Lipinski definition) is 3. The van der Waals surface area contributed by atoms with E-state index in [1.165, 1.54) is 5.56 Å². The van der Waals surface area contributed by atoms with Crippen LogP contribution in [-0.2, 0) is 5.41 Å². The lowest BCUT2D eigenvalue weighted by Crippen LogP contribution is -2.10. The van der Waals surface area contributed by atoms with E-state index in [2.05, 4.69) is 55.0 Å². The molecule has 3 heteroatoms. The molecule has 3 nitrogen and oxygen atoms in total. The molecule has 1 aromatic carbocycles. The van der Waals surface area contributed by atoms with Crippen molar-refractivity contribution in [2.24, 2.45) is 0 Å². The maximum absolute atomic E-state index is 5.73. The van der Waals surface area contributed by atoms with E-state index in [0.717, 1.165) is 16.7 Å². The molecule has 0 unspecified atom stereocenters. The Balaban J connectivity index is 2.02. The number of oxazole rings is 1. The summed E-state index contributed by atoms with van der Waals surface area (Å²) in [7, 11) is 0. The van der Waals surface area contributed by atoms with Crippen molar-refractivity contribution in [2.75, 3.05) is 0 Å². The van der Waals surface area contributed by atoms with E-state index >= 15 is 0 Å². The van der Waals surface area contributed by atoms with Gasteiger partial charge in [0.1, 0.15) is 5.52 Å². The van der Waals surface area contributed by atoms with Crippen LogP contribution in [0.5, 0.6) is 0 Å². The van der Waals surface area contributed by atoms with Gasteiger partial charge in [0.05, 0.1) is 6.20 Å². The molecule has 2 heterocycles. The molecule has 3 aromatic rings. The number of nitrogens with zero attached hydrogens (tertiary/aromatic N) is 2. The Bertz CT molecular complexity index is 672. The second-order valence-corrected chi connectivity index (χ2v) is 5.69. The molecule has 0 bridgehead atoms. The monoisotopic (exact) mass is 252 g/mol. The maximum atomic E-state index is 5.73. The van der Waals surface area contributed by atoms with Crippen LogP contribution in [0.4, 0.5) is 0 Å². The highest BCUT2D eigenvalue weighted by Gasteiger charge is 2.14. The first-order chi connectivity index (χ1) is 9.04. The first kappa shape index (κ1) is 11.9. The zero-order valence-electron chi connectivity index (χ0n) is 11.3. The lowest BCUT2D eigenvalue weighted by atomic mass is 9.87. The minimum Gasteiger partial charge on any atom is -0.436 e. The molecular formula is C16H16N2O. The SMILES string of the molecule is CC(C)(C)c1ccc(-c2nc3cnccc3o2)cc1. The van der Waals surface area contributed by atoms with Crippen LogP contribution < -0.4 is 0 Å². The zero-order chi connectivity index (χ0) is 13.5. The number of benzene rings is 1. The van der Waals surface area contributed by atoms with Gasteiger partial charge in [0.25, 0.3) is 0 Å². The summed E-state index contributed by atoms with van der Waals surface area (Å²) in [5, 5.41) is 0. The van der Waals surface area contributed by atoms with Crippen molar-refractivity contribution in [3.05, 3.63) is 48.3 Å². The van der Waals surface area contributed by atoms with Crippen LogP contribution in [0.1, 0.15) is 26.3 Å². The van der Waals surface area contributed by atoms with E-state index in [4.69, 9.17) is 4.42 Å².